The molecule has 0 saturated carbocycles. The molecule has 1 aliphatic heterocycles. The van der Waals surface area contributed by atoms with Crippen molar-refractivity contribution in [1.29, 1.82) is 0 Å². The summed E-state index contributed by atoms with van der Waals surface area (Å²) < 4.78 is 26.0. The second-order valence-electron chi connectivity index (χ2n) is 6.50. The molecule has 1 amide bonds. The van der Waals surface area contributed by atoms with E-state index >= 15 is 0 Å². The summed E-state index contributed by atoms with van der Waals surface area (Å²) >= 11 is 0. The van der Waals surface area contributed by atoms with Crippen molar-refractivity contribution in [2.24, 2.45) is 5.92 Å². The van der Waals surface area contributed by atoms with Gasteiger partial charge in [-0.1, -0.05) is 31.5 Å². The molecule has 0 aromatic heterocycles. The van der Waals surface area contributed by atoms with E-state index in [1.165, 1.54) is 9.21 Å². The minimum atomic E-state index is -3.27. The Balaban J connectivity index is 2.04. The van der Waals surface area contributed by atoms with E-state index in [1.54, 1.807) is 30.3 Å². The highest BCUT2D eigenvalue weighted by atomic mass is 32.2. The number of carboxylic acid groups (broad SMARTS) is 1. The van der Waals surface area contributed by atoms with Gasteiger partial charge in [-0.15, -0.1) is 0 Å². The number of piperidine rings is 1. The van der Waals surface area contributed by atoms with Crippen molar-refractivity contribution < 1.29 is 23.1 Å². The van der Waals surface area contributed by atoms with Crippen LogP contribution in [0.4, 0.5) is 5.69 Å². The third-order valence-corrected chi connectivity index (χ3v) is 6.54. The lowest BCUT2D eigenvalue weighted by atomic mass is 9.96. The number of rotatable bonds is 8. The van der Waals surface area contributed by atoms with Crippen molar-refractivity contribution >= 4 is 27.6 Å². The molecule has 7 nitrogen and oxygen atoms in total. The van der Waals surface area contributed by atoms with Crippen molar-refractivity contribution in [3.8, 4) is 0 Å². The van der Waals surface area contributed by atoms with Crippen molar-refractivity contribution in [3.05, 3.63) is 30.3 Å². The van der Waals surface area contributed by atoms with E-state index in [2.05, 4.69) is 0 Å². The summed E-state index contributed by atoms with van der Waals surface area (Å²) in [5, 5.41) is 9.14. The fourth-order valence-electron chi connectivity index (χ4n) is 3.10. The molecule has 26 heavy (non-hydrogen) atoms. The first-order valence-electron chi connectivity index (χ1n) is 8.91. The number of carbonyl (C=O) groups excluding carboxylic acids is 1. The molecular weight excluding hydrogens is 356 g/mol. The maximum absolute atomic E-state index is 12.9. The van der Waals surface area contributed by atoms with Gasteiger partial charge < -0.3 is 10.0 Å². The van der Waals surface area contributed by atoms with Crippen LogP contribution in [0, 0.1) is 5.92 Å². The van der Waals surface area contributed by atoms with Crippen LogP contribution in [0.15, 0.2) is 30.3 Å². The molecule has 0 atom stereocenters. The first-order valence-corrected chi connectivity index (χ1v) is 10.5. The topological polar surface area (TPSA) is 95.0 Å². The van der Waals surface area contributed by atoms with Gasteiger partial charge in [0.15, 0.2) is 0 Å². The summed E-state index contributed by atoms with van der Waals surface area (Å²) in [5.41, 5.74) is 0.540. The van der Waals surface area contributed by atoms with Gasteiger partial charge in [-0.05, 0) is 31.4 Å². The molecule has 144 valence electrons. The smallest absolute Gasteiger partial charge is 0.323 e. The Labute approximate surface area is 154 Å². The Morgan fingerprint density at radius 1 is 1.19 bits per heavy atom. The molecular formula is C18H26N2O5S. The van der Waals surface area contributed by atoms with Crippen LogP contribution in [0.25, 0.3) is 0 Å². The average Bonchev–Trinajstić information content (AvgIpc) is 2.64. The van der Waals surface area contributed by atoms with E-state index in [-0.39, 0.29) is 17.6 Å². The third kappa shape index (κ3) is 5.28. The molecule has 1 aromatic carbocycles. The summed E-state index contributed by atoms with van der Waals surface area (Å²) in [6, 6.07) is 8.70. The van der Waals surface area contributed by atoms with Gasteiger partial charge in [0.1, 0.15) is 6.54 Å². The van der Waals surface area contributed by atoms with Crippen LogP contribution in [-0.2, 0) is 19.6 Å². The molecule has 1 N–H and O–H groups in total. The zero-order valence-electron chi connectivity index (χ0n) is 15.0. The van der Waals surface area contributed by atoms with Crippen LogP contribution in [0.2, 0.25) is 0 Å². The highest BCUT2D eigenvalue weighted by Crippen LogP contribution is 2.25. The number of carboxylic acids is 1. The predicted octanol–water partition coefficient (Wildman–Crippen LogP) is 1.95. The van der Waals surface area contributed by atoms with E-state index in [9.17, 15) is 18.0 Å². The molecule has 1 heterocycles. The number of carbonyl (C=O) groups is 2. The molecule has 0 radical (unpaired) electrons. The number of benzene rings is 1. The number of aliphatic carboxylic acids is 1. The van der Waals surface area contributed by atoms with E-state index in [4.69, 9.17) is 5.11 Å². The average molecular weight is 382 g/mol. The second kappa shape index (κ2) is 9.14. The first-order chi connectivity index (χ1) is 12.3. The van der Waals surface area contributed by atoms with Gasteiger partial charge in [-0.3, -0.25) is 9.59 Å². The fraction of sp³-hybridized carbons (Fsp3) is 0.556. The fourth-order valence-corrected chi connectivity index (χ4v) is 4.78. The maximum Gasteiger partial charge on any atom is 0.323 e. The molecule has 1 fully saturated rings. The lowest BCUT2D eigenvalue weighted by molar-refractivity contribution is -0.137. The Bertz CT molecular complexity index is 712. The number of hydrogen-bond acceptors (Lipinski definition) is 4. The third-order valence-electron chi connectivity index (χ3n) is 4.58. The highest BCUT2D eigenvalue weighted by molar-refractivity contribution is 7.89. The summed E-state index contributed by atoms with van der Waals surface area (Å²) in [7, 11) is -3.27. The van der Waals surface area contributed by atoms with E-state index in [0.717, 1.165) is 6.42 Å². The lowest BCUT2D eigenvalue weighted by Gasteiger charge is -2.33. The van der Waals surface area contributed by atoms with Crippen LogP contribution in [0.5, 0.6) is 0 Å². The van der Waals surface area contributed by atoms with Crippen LogP contribution in [0.3, 0.4) is 0 Å². The van der Waals surface area contributed by atoms with Crippen molar-refractivity contribution in [3.63, 3.8) is 0 Å². The minimum absolute atomic E-state index is 0.136. The van der Waals surface area contributed by atoms with Gasteiger partial charge in [0.05, 0.1) is 5.75 Å². The number of sulfonamides is 1. The zero-order chi connectivity index (χ0) is 19.2. The standard InChI is InChI=1S/C18H26N2O5S/c1-2-3-13-26(24,25)19-11-9-15(10-12-19)18(23)20(14-17(21)22)16-7-5-4-6-8-16/h4-8,15H,2-3,9-14H2,1H3,(H,21,22). The number of nitrogens with zero attached hydrogens (tertiary/aromatic N) is 2. The summed E-state index contributed by atoms with van der Waals surface area (Å²) in [6.07, 6.45) is 2.26. The van der Waals surface area contributed by atoms with Gasteiger partial charge in [0, 0.05) is 24.7 Å². The summed E-state index contributed by atoms with van der Waals surface area (Å²) in [5.74, 6) is -1.57. The van der Waals surface area contributed by atoms with E-state index in [0.29, 0.717) is 38.0 Å². The van der Waals surface area contributed by atoms with E-state index < -0.39 is 22.5 Å². The molecule has 0 spiro atoms. The predicted molar refractivity (Wildman–Crippen MR) is 99.4 cm³/mol. The quantitative estimate of drug-likeness (QED) is 0.741. The number of para-hydroxylation sites is 1. The molecule has 8 heteroatoms. The molecule has 0 aliphatic carbocycles. The number of anilines is 1. The van der Waals surface area contributed by atoms with Crippen molar-refractivity contribution in [1.82, 2.24) is 4.31 Å². The normalized spacial score (nSPS) is 16.3. The number of unbranched alkanes of at least 4 members (excludes halogenated alkanes) is 1. The Morgan fingerprint density at radius 3 is 2.35 bits per heavy atom. The number of hydrogen-bond donors (Lipinski definition) is 1. The Kier molecular flexibility index (Phi) is 7.16. The van der Waals surface area contributed by atoms with Crippen molar-refractivity contribution in [2.75, 3.05) is 30.3 Å². The zero-order valence-corrected chi connectivity index (χ0v) is 15.8. The largest absolute Gasteiger partial charge is 0.480 e. The first kappa shape index (κ1) is 20.4. The molecule has 2 rings (SSSR count). The molecule has 0 unspecified atom stereocenters. The lowest BCUT2D eigenvalue weighted by Crippen LogP contribution is -2.46. The SMILES string of the molecule is CCCCS(=O)(=O)N1CCC(C(=O)N(CC(=O)O)c2ccccc2)CC1. The number of amides is 1. The molecule has 0 bridgehead atoms. The van der Waals surface area contributed by atoms with Gasteiger partial charge in [-0.2, -0.15) is 0 Å². The summed E-state index contributed by atoms with van der Waals surface area (Å²) in [4.78, 5) is 25.3. The van der Waals surface area contributed by atoms with Crippen molar-refractivity contribution in [2.45, 2.75) is 32.6 Å². The molecule has 1 aromatic rings. The monoisotopic (exact) mass is 382 g/mol. The van der Waals surface area contributed by atoms with Crippen LogP contribution in [-0.4, -0.2) is 55.1 Å². The molecule has 1 saturated heterocycles. The summed E-state index contributed by atoms with van der Waals surface area (Å²) in [6.45, 7) is 2.15. The second-order valence-corrected chi connectivity index (χ2v) is 8.59. The maximum atomic E-state index is 12.9. The van der Waals surface area contributed by atoms with Gasteiger partial charge >= 0.3 is 5.97 Å². The van der Waals surface area contributed by atoms with E-state index in [1.807, 2.05) is 6.92 Å². The van der Waals surface area contributed by atoms with Crippen LogP contribution in [0.1, 0.15) is 32.6 Å². The highest BCUT2D eigenvalue weighted by Gasteiger charge is 2.33. The van der Waals surface area contributed by atoms with Gasteiger partial charge in [-0.25, -0.2) is 12.7 Å². The van der Waals surface area contributed by atoms with Crippen LogP contribution >= 0.6 is 0 Å². The minimum Gasteiger partial charge on any atom is -0.480 e. The van der Waals surface area contributed by atoms with Gasteiger partial charge in [0.25, 0.3) is 0 Å². The molecule has 1 aliphatic rings. The van der Waals surface area contributed by atoms with Gasteiger partial charge in [0.2, 0.25) is 15.9 Å². The Morgan fingerprint density at radius 2 is 1.81 bits per heavy atom. The van der Waals surface area contributed by atoms with Crippen LogP contribution < -0.4 is 4.90 Å². The Hall–Kier alpha value is -1.93.